The average Bonchev–Trinajstić information content (AvgIpc) is 2.62. The number of halogens is 3. The fraction of sp³-hybridized carbons (Fsp3) is 0.316. The summed E-state index contributed by atoms with van der Waals surface area (Å²) in [5, 5.41) is 2.70. The first-order valence-corrected chi connectivity index (χ1v) is 8.66. The first-order chi connectivity index (χ1) is 13.2. The Morgan fingerprint density at radius 2 is 1.89 bits per heavy atom. The SMILES string of the molecule is NC(=O)c1ccc(C(F)(F)F)n(CC(=O)N[C@H]2CCCc3ccccc32)c1=O. The van der Waals surface area contributed by atoms with Crippen molar-refractivity contribution in [3.8, 4) is 0 Å². The molecule has 0 aliphatic heterocycles. The van der Waals surface area contributed by atoms with E-state index < -0.39 is 41.4 Å². The number of rotatable bonds is 4. The zero-order valence-electron chi connectivity index (χ0n) is 14.8. The Morgan fingerprint density at radius 3 is 2.57 bits per heavy atom. The number of pyridine rings is 1. The Bertz CT molecular complexity index is 982. The molecule has 148 valence electrons. The number of carbonyl (C=O) groups excluding carboxylic acids is 2. The van der Waals surface area contributed by atoms with Crippen molar-refractivity contribution < 1.29 is 22.8 Å². The fourth-order valence-electron chi connectivity index (χ4n) is 3.46. The van der Waals surface area contributed by atoms with Crippen LogP contribution in [-0.2, 0) is 23.9 Å². The maximum Gasteiger partial charge on any atom is 0.431 e. The molecule has 0 spiro atoms. The second kappa shape index (κ2) is 7.49. The molecule has 3 rings (SSSR count). The largest absolute Gasteiger partial charge is 0.431 e. The van der Waals surface area contributed by atoms with Gasteiger partial charge in [0.2, 0.25) is 5.91 Å². The minimum Gasteiger partial charge on any atom is -0.365 e. The number of hydrogen-bond acceptors (Lipinski definition) is 3. The van der Waals surface area contributed by atoms with Gasteiger partial charge >= 0.3 is 6.18 Å². The molecule has 0 bridgehead atoms. The number of hydrogen-bond donors (Lipinski definition) is 2. The van der Waals surface area contributed by atoms with E-state index in [4.69, 9.17) is 5.73 Å². The Labute approximate surface area is 158 Å². The van der Waals surface area contributed by atoms with Crippen molar-refractivity contribution in [3.05, 3.63) is 69.1 Å². The van der Waals surface area contributed by atoms with Crippen LogP contribution in [0.3, 0.4) is 0 Å². The molecular formula is C19H18F3N3O3. The van der Waals surface area contributed by atoms with E-state index in [2.05, 4.69) is 5.32 Å². The second-order valence-corrected chi connectivity index (χ2v) is 6.60. The van der Waals surface area contributed by atoms with E-state index in [1.165, 1.54) is 0 Å². The van der Waals surface area contributed by atoms with Gasteiger partial charge in [-0.25, -0.2) is 0 Å². The third kappa shape index (κ3) is 3.92. The molecule has 1 aliphatic rings. The summed E-state index contributed by atoms with van der Waals surface area (Å²) >= 11 is 0. The van der Waals surface area contributed by atoms with Crippen LogP contribution in [0.15, 0.2) is 41.2 Å². The summed E-state index contributed by atoms with van der Waals surface area (Å²) < 4.78 is 40.0. The van der Waals surface area contributed by atoms with Crippen LogP contribution < -0.4 is 16.6 Å². The van der Waals surface area contributed by atoms with E-state index in [0.29, 0.717) is 12.5 Å². The van der Waals surface area contributed by atoms with E-state index in [-0.39, 0.29) is 10.6 Å². The van der Waals surface area contributed by atoms with Gasteiger partial charge in [-0.3, -0.25) is 19.0 Å². The van der Waals surface area contributed by atoms with Crippen molar-refractivity contribution in [1.29, 1.82) is 0 Å². The highest BCUT2D eigenvalue weighted by Crippen LogP contribution is 2.30. The standard InChI is InChI=1S/C19H18F3N3O3/c20-19(21,22)15-9-8-13(17(23)27)18(28)25(15)10-16(26)24-14-7-3-5-11-4-1-2-6-12(11)14/h1-2,4,6,8-9,14H,3,5,7,10H2,(H2,23,27)(H,24,26)/t14-/m0/s1. The molecule has 1 heterocycles. The highest BCUT2D eigenvalue weighted by atomic mass is 19.4. The minimum absolute atomic E-state index is 0.240. The summed E-state index contributed by atoms with van der Waals surface area (Å²) in [6.07, 6.45) is -2.54. The lowest BCUT2D eigenvalue weighted by Crippen LogP contribution is -2.40. The number of nitrogens with two attached hydrogens (primary N) is 1. The highest BCUT2D eigenvalue weighted by Gasteiger charge is 2.36. The molecule has 28 heavy (non-hydrogen) atoms. The first-order valence-electron chi connectivity index (χ1n) is 8.66. The molecule has 1 aliphatic carbocycles. The first kappa shape index (κ1) is 19.7. The topological polar surface area (TPSA) is 94.2 Å². The molecule has 1 atom stereocenters. The van der Waals surface area contributed by atoms with Gasteiger partial charge in [0.25, 0.3) is 11.5 Å². The molecule has 0 radical (unpaired) electrons. The summed E-state index contributed by atoms with van der Waals surface area (Å²) in [4.78, 5) is 36.0. The number of primary amides is 1. The predicted molar refractivity (Wildman–Crippen MR) is 94.5 cm³/mol. The number of nitrogens with one attached hydrogen (secondary N) is 1. The van der Waals surface area contributed by atoms with Crippen LogP contribution in [0.5, 0.6) is 0 Å². The molecule has 2 aromatic rings. The summed E-state index contributed by atoms with van der Waals surface area (Å²) in [6, 6.07) is 8.46. The molecule has 0 fully saturated rings. The third-order valence-corrected chi connectivity index (χ3v) is 4.74. The molecule has 9 heteroatoms. The van der Waals surface area contributed by atoms with Crippen molar-refractivity contribution in [1.82, 2.24) is 9.88 Å². The molecule has 1 aromatic heterocycles. The van der Waals surface area contributed by atoms with E-state index in [9.17, 15) is 27.6 Å². The van der Waals surface area contributed by atoms with Gasteiger partial charge in [-0.2, -0.15) is 13.2 Å². The summed E-state index contributed by atoms with van der Waals surface area (Å²) in [5.74, 6) is -1.91. The number of alkyl halides is 3. The smallest absolute Gasteiger partial charge is 0.365 e. The average molecular weight is 393 g/mol. The van der Waals surface area contributed by atoms with Crippen LogP contribution in [0.2, 0.25) is 0 Å². The van der Waals surface area contributed by atoms with Crippen molar-refractivity contribution in [3.63, 3.8) is 0 Å². The van der Waals surface area contributed by atoms with E-state index in [1.54, 1.807) is 0 Å². The normalized spacial score (nSPS) is 16.3. The van der Waals surface area contributed by atoms with Gasteiger partial charge in [0.1, 0.15) is 17.8 Å². The van der Waals surface area contributed by atoms with Crippen LogP contribution >= 0.6 is 0 Å². The lowest BCUT2D eigenvalue weighted by atomic mass is 9.88. The molecule has 1 aromatic carbocycles. The number of amides is 2. The predicted octanol–water partition coefficient (Wildman–Crippen LogP) is 2.16. The molecular weight excluding hydrogens is 375 g/mol. The number of fused-ring (bicyclic) bond motifs is 1. The lowest BCUT2D eigenvalue weighted by Gasteiger charge is -2.26. The maximum absolute atomic E-state index is 13.3. The third-order valence-electron chi connectivity index (χ3n) is 4.74. The highest BCUT2D eigenvalue weighted by molar-refractivity contribution is 5.92. The van der Waals surface area contributed by atoms with Crippen LogP contribution in [-0.4, -0.2) is 16.4 Å². The molecule has 2 amide bonds. The van der Waals surface area contributed by atoms with Crippen molar-refractivity contribution in [2.45, 2.75) is 38.0 Å². The van der Waals surface area contributed by atoms with Gasteiger partial charge in [0.15, 0.2) is 0 Å². The maximum atomic E-state index is 13.3. The van der Waals surface area contributed by atoms with Gasteiger partial charge in [-0.05, 0) is 42.5 Å². The molecule has 3 N–H and O–H groups in total. The summed E-state index contributed by atoms with van der Waals surface area (Å²) in [7, 11) is 0. The van der Waals surface area contributed by atoms with Crippen LogP contribution in [0.4, 0.5) is 13.2 Å². The zero-order chi connectivity index (χ0) is 20.5. The molecule has 0 unspecified atom stereocenters. The van der Waals surface area contributed by atoms with Crippen molar-refractivity contribution in [2.24, 2.45) is 5.73 Å². The van der Waals surface area contributed by atoms with Crippen LogP contribution in [0.1, 0.15) is 46.1 Å². The Hall–Kier alpha value is -3.10. The molecule has 0 saturated carbocycles. The quantitative estimate of drug-likeness (QED) is 0.834. The molecule has 0 saturated heterocycles. The number of nitrogens with zero attached hydrogens (tertiary/aromatic N) is 1. The molecule has 6 nitrogen and oxygen atoms in total. The number of carbonyl (C=O) groups is 2. The second-order valence-electron chi connectivity index (χ2n) is 6.60. The minimum atomic E-state index is -4.87. The van der Waals surface area contributed by atoms with Gasteiger partial charge < -0.3 is 11.1 Å². The summed E-state index contributed by atoms with van der Waals surface area (Å²) in [5.41, 5.74) is 3.85. The number of aromatic nitrogens is 1. The fourth-order valence-corrected chi connectivity index (χ4v) is 3.46. The van der Waals surface area contributed by atoms with Gasteiger partial charge in [0.05, 0.1) is 6.04 Å². The van der Waals surface area contributed by atoms with Gasteiger partial charge in [0, 0.05) is 0 Å². The van der Waals surface area contributed by atoms with Crippen LogP contribution in [0.25, 0.3) is 0 Å². The summed E-state index contributed by atoms with van der Waals surface area (Å²) in [6.45, 7) is -0.868. The van der Waals surface area contributed by atoms with E-state index in [0.717, 1.165) is 30.0 Å². The number of aryl methyl sites for hydroxylation is 1. The Balaban J connectivity index is 1.89. The zero-order valence-corrected chi connectivity index (χ0v) is 14.8. The monoisotopic (exact) mass is 393 g/mol. The van der Waals surface area contributed by atoms with Gasteiger partial charge in [-0.1, -0.05) is 24.3 Å². The van der Waals surface area contributed by atoms with E-state index in [1.807, 2.05) is 24.3 Å². The Kier molecular flexibility index (Phi) is 5.26. The van der Waals surface area contributed by atoms with E-state index >= 15 is 0 Å². The van der Waals surface area contributed by atoms with Crippen molar-refractivity contribution in [2.75, 3.05) is 0 Å². The van der Waals surface area contributed by atoms with Gasteiger partial charge in [-0.15, -0.1) is 0 Å². The van der Waals surface area contributed by atoms with Crippen molar-refractivity contribution >= 4 is 11.8 Å². The number of benzene rings is 1. The lowest BCUT2D eigenvalue weighted by molar-refractivity contribution is -0.144. The van der Waals surface area contributed by atoms with Crippen LogP contribution in [0, 0.1) is 0 Å². The Morgan fingerprint density at radius 1 is 1.18 bits per heavy atom.